The van der Waals surface area contributed by atoms with Crippen LogP contribution in [0.1, 0.15) is 145 Å². The number of methoxy groups -OCH3 is 2. The third-order valence-corrected chi connectivity index (χ3v) is 16.6. The summed E-state index contributed by atoms with van der Waals surface area (Å²) < 4.78 is 36.3. The summed E-state index contributed by atoms with van der Waals surface area (Å²) in [6, 6.07) is -1.12. The van der Waals surface area contributed by atoms with Gasteiger partial charge in [-0.15, -0.1) is 0 Å². The first-order valence-electron chi connectivity index (χ1n) is 27.3. The van der Waals surface area contributed by atoms with E-state index in [-0.39, 0.29) is 54.9 Å². The number of rotatable bonds is 9. The second-order valence-corrected chi connectivity index (χ2v) is 22.2. The van der Waals surface area contributed by atoms with Crippen LogP contribution in [0, 0.1) is 41.4 Å². The lowest BCUT2D eigenvalue weighted by atomic mass is 9.78. The van der Waals surface area contributed by atoms with Crippen LogP contribution in [-0.4, -0.2) is 139 Å². The number of aliphatic hydroxyl groups excluding tert-OH is 2. The molecule has 3 saturated heterocycles. The van der Waals surface area contributed by atoms with Crippen LogP contribution in [0.25, 0.3) is 0 Å². The lowest BCUT2D eigenvalue weighted by molar-refractivity contribution is -0.266. The second-order valence-electron chi connectivity index (χ2n) is 22.2. The van der Waals surface area contributed by atoms with Crippen molar-refractivity contribution in [2.75, 3.05) is 40.6 Å². The van der Waals surface area contributed by atoms with Crippen LogP contribution in [0.5, 0.6) is 0 Å². The van der Waals surface area contributed by atoms with Gasteiger partial charge in [0.1, 0.15) is 30.1 Å². The van der Waals surface area contributed by atoms with Crippen molar-refractivity contribution in [1.29, 1.82) is 0 Å². The van der Waals surface area contributed by atoms with E-state index in [0.29, 0.717) is 69.5 Å². The Kier molecular flexibility index (Phi) is 23.6. The molecule has 2 unspecified atom stereocenters. The highest BCUT2D eigenvalue weighted by atomic mass is 16.6. The van der Waals surface area contributed by atoms with E-state index in [4.69, 9.17) is 28.4 Å². The van der Waals surface area contributed by atoms with Crippen molar-refractivity contribution in [3.8, 4) is 0 Å². The maximum Gasteiger partial charge on any atom is 0.329 e. The van der Waals surface area contributed by atoms with Crippen LogP contribution in [-0.2, 0) is 47.6 Å². The molecule has 15 atom stereocenters. The molecule has 3 N–H and O–H groups in total. The number of ketones is 2. The summed E-state index contributed by atoms with van der Waals surface area (Å²) in [4.78, 5) is 59.0. The van der Waals surface area contributed by atoms with Gasteiger partial charge in [-0.05, 0) is 144 Å². The van der Waals surface area contributed by atoms with E-state index >= 15 is 0 Å². The Morgan fingerprint density at radius 1 is 0.861 bits per heavy atom. The van der Waals surface area contributed by atoms with Crippen LogP contribution in [0.15, 0.2) is 59.8 Å². The van der Waals surface area contributed by atoms with Crippen LogP contribution in [0.3, 0.4) is 0 Å². The van der Waals surface area contributed by atoms with Gasteiger partial charge in [0, 0.05) is 65.3 Å². The second kappa shape index (κ2) is 28.5. The number of carbonyl (C=O) groups excluding carboxylic acids is 4. The van der Waals surface area contributed by atoms with Gasteiger partial charge in [0.15, 0.2) is 0 Å². The molecule has 0 aromatic heterocycles. The topological polar surface area (TPSA) is 188 Å². The number of aliphatic hydroxyl groups is 3. The van der Waals surface area contributed by atoms with Crippen molar-refractivity contribution >= 4 is 23.4 Å². The Balaban J connectivity index is 1.47. The Bertz CT molecular complexity index is 1920. The molecule has 0 aromatic carbocycles. The highest BCUT2D eigenvalue weighted by Gasteiger charge is 2.53. The number of cyclic esters (lactones) is 1. The quantitative estimate of drug-likeness (QED) is 0.114. The smallest absolute Gasteiger partial charge is 0.329 e. The number of Topliss-reactive ketones (excluding diaryl/α,β-unsaturated/α-hetero) is 2. The van der Waals surface area contributed by atoms with Crippen molar-refractivity contribution in [2.45, 2.75) is 199 Å². The first-order chi connectivity index (χ1) is 34.3. The standard InChI is InChI=1S/C58H91NO13/c1-36-16-12-11-13-17-37(2)50(70-29-25-44-23-27-69-28-24-44)34-46-21-19-42(7)58(66,72-46)55(63)56(64)59-26-15-14-18-47(59)57(65)71-51(40(5)32-45-20-22-48(60)52(33-45)67-9)35-49(61)39(4)31-41(6)53(62)54(68-10)43(8)38(3)30-36/h11-13,16-17,31,36,38-40,42,44-48,50-54,60,62,66H,8,14-15,18-30,32-35H2,1-7,9-10H3/b13-11+,16-12+,37-17+,41-31+/t36-,38-,39-,40-,42-,45+,46+,47?,48-,50?,51+,52-,53-,54+,58-/m1/s1. The fourth-order valence-corrected chi connectivity index (χ4v) is 11.6. The zero-order valence-electron chi connectivity index (χ0n) is 45.1. The molecular formula is C58H91NO13. The van der Waals surface area contributed by atoms with Crippen LogP contribution < -0.4 is 0 Å². The number of amides is 1. The molecule has 14 nitrogen and oxygen atoms in total. The fourth-order valence-electron chi connectivity index (χ4n) is 11.6. The summed E-state index contributed by atoms with van der Waals surface area (Å²) in [5, 5.41) is 34.4. The third kappa shape index (κ3) is 16.3. The van der Waals surface area contributed by atoms with E-state index in [1.54, 1.807) is 41.1 Å². The summed E-state index contributed by atoms with van der Waals surface area (Å²) >= 11 is 0. The van der Waals surface area contributed by atoms with E-state index in [1.165, 1.54) is 4.90 Å². The van der Waals surface area contributed by atoms with E-state index in [2.05, 4.69) is 26.5 Å². The molecular weight excluding hydrogens is 919 g/mol. The number of esters is 1. The first-order valence-corrected chi connectivity index (χ1v) is 27.3. The largest absolute Gasteiger partial charge is 0.460 e. The molecule has 14 heteroatoms. The molecule has 4 aliphatic heterocycles. The Labute approximate surface area is 431 Å². The van der Waals surface area contributed by atoms with Crippen molar-refractivity contribution in [1.82, 2.24) is 4.90 Å². The number of nitrogens with zero attached hydrogens (tertiary/aromatic N) is 1. The van der Waals surface area contributed by atoms with E-state index in [9.17, 15) is 34.5 Å². The van der Waals surface area contributed by atoms with Gasteiger partial charge in [-0.2, -0.15) is 0 Å². The molecule has 72 heavy (non-hydrogen) atoms. The Morgan fingerprint density at radius 2 is 1.60 bits per heavy atom. The zero-order valence-corrected chi connectivity index (χ0v) is 45.1. The van der Waals surface area contributed by atoms with Crippen molar-refractivity contribution in [3.63, 3.8) is 0 Å². The third-order valence-electron chi connectivity index (χ3n) is 16.6. The minimum absolute atomic E-state index is 0.00540. The highest BCUT2D eigenvalue weighted by Crippen LogP contribution is 2.38. The van der Waals surface area contributed by atoms with Gasteiger partial charge in [-0.3, -0.25) is 14.4 Å². The van der Waals surface area contributed by atoms with Gasteiger partial charge in [0.05, 0.1) is 24.4 Å². The van der Waals surface area contributed by atoms with Gasteiger partial charge < -0.3 is 48.6 Å². The molecule has 1 aliphatic carbocycles. The number of fused-ring (bicyclic) bond motifs is 3. The fraction of sp³-hybridized carbons (Fsp3) is 0.759. The van der Waals surface area contributed by atoms with Gasteiger partial charge in [-0.1, -0.05) is 77.7 Å². The highest BCUT2D eigenvalue weighted by molar-refractivity contribution is 6.39. The molecule has 2 bridgehead atoms. The molecule has 0 radical (unpaired) electrons. The van der Waals surface area contributed by atoms with Crippen LogP contribution >= 0.6 is 0 Å². The summed E-state index contributed by atoms with van der Waals surface area (Å²) in [6.07, 6.45) is 15.9. The van der Waals surface area contributed by atoms with E-state index < -0.39 is 77.9 Å². The summed E-state index contributed by atoms with van der Waals surface area (Å²) in [5.41, 5.74) is 2.24. The van der Waals surface area contributed by atoms with Gasteiger partial charge in [0.25, 0.3) is 11.7 Å². The lowest BCUT2D eigenvalue weighted by Gasteiger charge is -2.43. The average molecular weight is 1010 g/mol. The molecule has 0 spiro atoms. The first kappa shape index (κ1) is 59.5. The number of carbonyl (C=O) groups is 4. The maximum atomic E-state index is 14.5. The van der Waals surface area contributed by atoms with Gasteiger partial charge >= 0.3 is 5.97 Å². The number of allylic oxidation sites excluding steroid dienone is 6. The van der Waals surface area contributed by atoms with Gasteiger partial charge in [0.2, 0.25) is 5.79 Å². The van der Waals surface area contributed by atoms with E-state index in [0.717, 1.165) is 56.5 Å². The minimum atomic E-state index is -2.43. The molecule has 0 aromatic rings. The predicted molar refractivity (Wildman–Crippen MR) is 276 cm³/mol. The number of hydrogen-bond acceptors (Lipinski definition) is 13. The number of ether oxygens (including phenoxy) is 6. The summed E-state index contributed by atoms with van der Waals surface area (Å²) in [6.45, 7) is 19.9. The molecule has 1 saturated carbocycles. The molecule has 4 heterocycles. The van der Waals surface area contributed by atoms with Crippen molar-refractivity contribution in [3.05, 3.63) is 59.8 Å². The van der Waals surface area contributed by atoms with Crippen molar-refractivity contribution < 1.29 is 62.9 Å². The number of piperidine rings is 1. The SMILES string of the molecule is C=C1[C@H](C)C[C@H](C)/C=C/C=C/C=C(\C)C(OCCC2CCOCC2)C[C@@H]2CC[C@@H](C)[C@@](O)(O2)C(=O)C(=O)N2CCCCC2C(=O)O[C@H]([C@H](C)C[C@@H]2CC[C@@H](O)[C@H](OC)C2)CC(=O)[C@H](C)/C=C(\C)[C@@H](O)[C@H]1OC. The molecule has 1 amide bonds. The Hall–Kier alpha value is -3.34. The molecule has 406 valence electrons. The molecule has 5 aliphatic rings. The summed E-state index contributed by atoms with van der Waals surface area (Å²) in [5.74, 6) is -6.35. The van der Waals surface area contributed by atoms with E-state index in [1.807, 2.05) is 38.2 Å². The molecule has 5 rings (SSSR count). The Morgan fingerprint density at radius 3 is 2.31 bits per heavy atom. The van der Waals surface area contributed by atoms with Crippen molar-refractivity contribution in [2.24, 2.45) is 41.4 Å². The summed E-state index contributed by atoms with van der Waals surface area (Å²) in [7, 11) is 3.13. The predicted octanol–water partition coefficient (Wildman–Crippen LogP) is 8.35. The van der Waals surface area contributed by atoms with Gasteiger partial charge in [-0.25, -0.2) is 4.79 Å². The van der Waals surface area contributed by atoms with Crippen LogP contribution in [0.2, 0.25) is 0 Å². The monoisotopic (exact) mass is 1010 g/mol. The van der Waals surface area contributed by atoms with Crippen LogP contribution in [0.4, 0.5) is 0 Å². The lowest BCUT2D eigenvalue weighted by Crippen LogP contribution is -2.61. The maximum absolute atomic E-state index is 14.5. The zero-order chi connectivity index (χ0) is 52.7. The minimum Gasteiger partial charge on any atom is -0.460 e. The normalized spacial score (nSPS) is 39.2. The molecule has 4 fully saturated rings. The number of hydrogen-bond donors (Lipinski definition) is 3. The average Bonchev–Trinajstić information content (AvgIpc) is 3.36.